The van der Waals surface area contributed by atoms with Crippen LogP contribution in [0.15, 0.2) is 23.5 Å². The molecule has 11 atom stereocenters. The molecule has 0 saturated carbocycles. The van der Waals surface area contributed by atoms with Crippen LogP contribution in [0.1, 0.15) is 152 Å². The molecule has 0 spiro atoms. The third-order valence-corrected chi connectivity index (χ3v) is 14.6. The summed E-state index contributed by atoms with van der Waals surface area (Å²) in [6.45, 7) is 11.4. The Morgan fingerprint density at radius 2 is 1.12 bits per heavy atom. The number of nitrogens with one attached hydrogen (secondary N) is 8. The van der Waals surface area contributed by atoms with Crippen molar-refractivity contribution >= 4 is 82.6 Å². The second kappa shape index (κ2) is 35.3. The van der Waals surface area contributed by atoms with E-state index in [1.807, 2.05) is 6.92 Å². The van der Waals surface area contributed by atoms with Crippen molar-refractivity contribution in [3.8, 4) is 0 Å². The molecule has 0 aromatic carbocycles. The highest BCUT2D eigenvalue weighted by atomic mass is 16.3. The topological polar surface area (TPSA) is 460 Å². The second-order valence-corrected chi connectivity index (χ2v) is 21.7. The lowest BCUT2D eigenvalue weighted by molar-refractivity contribution is -0.151. The first kappa shape index (κ1) is 72.3. The number of nitrogens with two attached hydrogens (primary N) is 3. The Hall–Kier alpha value is -7.82. The minimum Gasteiger partial charge on any atom is -0.391 e. The number of aliphatic hydroxyl groups is 2. The monoisotopic (exact) mass is 1190 g/mol. The van der Waals surface area contributed by atoms with Gasteiger partial charge in [-0.25, -0.2) is 0 Å². The summed E-state index contributed by atoms with van der Waals surface area (Å²) < 4.78 is 0. The molecule has 84 heavy (non-hydrogen) atoms. The molecule has 13 amide bonds. The van der Waals surface area contributed by atoms with E-state index in [4.69, 9.17) is 17.2 Å². The van der Waals surface area contributed by atoms with E-state index in [2.05, 4.69) is 42.5 Å². The normalized spacial score (nSPS) is 26.3. The highest BCUT2D eigenvalue weighted by Crippen LogP contribution is 2.24. The number of Topliss-reactive ketones (excluding diaryl/α,β-unsaturated/α-hetero) is 1. The summed E-state index contributed by atoms with van der Waals surface area (Å²) in [7, 11) is 1.09. The molecule has 2 rings (SSSR count). The van der Waals surface area contributed by atoms with Crippen molar-refractivity contribution in [2.24, 2.45) is 29.0 Å². The van der Waals surface area contributed by atoms with Crippen LogP contribution in [0.5, 0.6) is 0 Å². The molecule has 29 nitrogen and oxygen atoms in total. The zero-order valence-corrected chi connectivity index (χ0v) is 49.6. The first-order chi connectivity index (χ1) is 39.4. The van der Waals surface area contributed by atoms with Crippen molar-refractivity contribution in [2.45, 2.75) is 212 Å². The molecule has 29 heteroatoms. The molecule has 2 saturated heterocycles. The van der Waals surface area contributed by atoms with Gasteiger partial charge in [0.2, 0.25) is 59.1 Å². The number of ketones is 1. The average molecular weight is 1190 g/mol. The smallest absolute Gasteiger partial charge is 0.268 e. The van der Waals surface area contributed by atoms with E-state index in [0.717, 1.165) is 81.4 Å². The Balaban J connectivity index is 2.76. The van der Waals surface area contributed by atoms with Gasteiger partial charge in [-0.2, -0.15) is 0 Å². The van der Waals surface area contributed by atoms with Gasteiger partial charge in [0.05, 0.1) is 31.4 Å². The lowest BCUT2D eigenvalue weighted by Crippen LogP contribution is -2.62. The summed E-state index contributed by atoms with van der Waals surface area (Å²) in [4.78, 5) is 190. The maximum Gasteiger partial charge on any atom is 0.268 e. The summed E-state index contributed by atoms with van der Waals surface area (Å²) in [6.07, 6.45) is 3.22. The van der Waals surface area contributed by atoms with E-state index >= 15 is 0 Å². The number of fused-ring (bicyclic) bond motifs is 1. The van der Waals surface area contributed by atoms with Crippen LogP contribution in [0, 0.1) is 11.8 Å². The van der Waals surface area contributed by atoms with Crippen molar-refractivity contribution in [2.75, 3.05) is 13.6 Å². The molecule has 0 bridgehead atoms. The molecule has 11 unspecified atom stereocenters. The second-order valence-electron chi connectivity index (χ2n) is 21.7. The van der Waals surface area contributed by atoms with Gasteiger partial charge >= 0.3 is 0 Å². The van der Waals surface area contributed by atoms with Gasteiger partial charge in [0.1, 0.15) is 59.5 Å². The zero-order valence-electron chi connectivity index (χ0n) is 49.6. The number of primary amides is 3. The molecule has 2 aliphatic heterocycles. The maximum absolute atomic E-state index is 14.6. The number of hydrogen-bond donors (Lipinski definition) is 13. The fourth-order valence-electron chi connectivity index (χ4n) is 9.50. The number of nitrogens with zero attached hydrogens (tertiary/aromatic N) is 2. The fraction of sp³-hybridized carbons (Fsp3) is 0.673. The third-order valence-electron chi connectivity index (χ3n) is 14.6. The Morgan fingerprint density at radius 3 is 1.62 bits per heavy atom. The molecule has 16 N–H and O–H groups in total. The van der Waals surface area contributed by atoms with E-state index in [-0.39, 0.29) is 25.2 Å². The van der Waals surface area contributed by atoms with Crippen LogP contribution in [0.3, 0.4) is 0 Å². The number of carbonyl (C=O) groups excluding carboxylic acids is 14. The number of aliphatic hydroxyl groups excluding tert-OH is 2. The van der Waals surface area contributed by atoms with Crippen LogP contribution in [0.4, 0.5) is 0 Å². The van der Waals surface area contributed by atoms with E-state index < -0.39 is 180 Å². The molecule has 0 aliphatic carbocycles. The number of unbranched alkanes of at least 4 members (excludes halogenated alkanes) is 6. The van der Waals surface area contributed by atoms with Crippen LogP contribution >= 0.6 is 0 Å². The van der Waals surface area contributed by atoms with Gasteiger partial charge in [-0.3, -0.25) is 67.1 Å². The van der Waals surface area contributed by atoms with Gasteiger partial charge in [-0.05, 0) is 65.2 Å². The first-order valence-corrected chi connectivity index (χ1v) is 28.5. The molecule has 0 aromatic rings. The van der Waals surface area contributed by atoms with Crippen molar-refractivity contribution in [1.29, 1.82) is 0 Å². The van der Waals surface area contributed by atoms with Crippen LogP contribution in [0.25, 0.3) is 0 Å². The minimum absolute atomic E-state index is 0.0370. The molecule has 470 valence electrons. The number of allylic oxidation sites excluding steroid dienone is 2. The van der Waals surface area contributed by atoms with E-state index in [1.165, 1.54) is 13.8 Å². The van der Waals surface area contributed by atoms with Gasteiger partial charge in [0.15, 0.2) is 6.10 Å². The molecule has 2 fully saturated rings. The van der Waals surface area contributed by atoms with Crippen molar-refractivity contribution < 1.29 is 77.3 Å². The highest BCUT2D eigenvalue weighted by Gasteiger charge is 2.44. The summed E-state index contributed by atoms with van der Waals surface area (Å²) in [5.41, 5.74) is 15.3. The first-order valence-electron chi connectivity index (χ1n) is 28.5. The van der Waals surface area contributed by atoms with Gasteiger partial charge in [-0.1, -0.05) is 78.4 Å². The third kappa shape index (κ3) is 22.7. The van der Waals surface area contributed by atoms with E-state index in [1.54, 1.807) is 20.8 Å². The summed E-state index contributed by atoms with van der Waals surface area (Å²) in [5, 5.41) is 41.6. The molecular formula is C55H89N13O16. The molecule has 2 heterocycles. The summed E-state index contributed by atoms with van der Waals surface area (Å²) in [5.74, 6) is -15.4. The quantitative estimate of drug-likeness (QED) is 0.0425. The SMILES string of the molecule is CC=C1NC(=O)C(CC(N)=O)NC(=O)C(=CC)NC(=O)C(C(C)C)NC(=O)C(O)C(C(C)CCCCCCCCCC(=O)CC)NC(=O)C2CCCN2C(=O)C(CC(N)=O)N(C)C(=O)C(C(C)O)NC(=O)C(C)NC(=O)C(CC(N)=O)NC1=O. The van der Waals surface area contributed by atoms with Gasteiger partial charge in [0.25, 0.3) is 17.7 Å². The fourth-order valence-corrected chi connectivity index (χ4v) is 9.50. The van der Waals surface area contributed by atoms with Gasteiger partial charge in [-0.15, -0.1) is 0 Å². The summed E-state index contributed by atoms with van der Waals surface area (Å²) in [6, 6.07) is -13.1. The van der Waals surface area contributed by atoms with Crippen LogP contribution in [-0.2, 0) is 67.1 Å². The predicted octanol–water partition coefficient (Wildman–Crippen LogP) is -3.06. The zero-order chi connectivity index (χ0) is 63.7. The van der Waals surface area contributed by atoms with Gasteiger partial charge < -0.3 is 79.7 Å². The lowest BCUT2D eigenvalue weighted by atomic mass is 9.90. The number of hydrogen-bond acceptors (Lipinski definition) is 16. The molecule has 0 radical (unpaired) electrons. The van der Waals surface area contributed by atoms with E-state index in [9.17, 15) is 77.3 Å². The van der Waals surface area contributed by atoms with Gasteiger partial charge in [0, 0.05) is 26.4 Å². The minimum atomic E-state index is -2.05. The molecule has 0 aromatic heterocycles. The van der Waals surface area contributed by atoms with Crippen LogP contribution in [-0.4, -0.2) is 177 Å². The number of likely N-dealkylation sites (N-methyl/N-ethyl adjacent to an activating group) is 1. The highest BCUT2D eigenvalue weighted by molar-refractivity contribution is 6.05. The summed E-state index contributed by atoms with van der Waals surface area (Å²) >= 11 is 0. The largest absolute Gasteiger partial charge is 0.391 e. The Bertz CT molecular complexity index is 2480. The Morgan fingerprint density at radius 1 is 0.619 bits per heavy atom. The van der Waals surface area contributed by atoms with Crippen molar-refractivity contribution in [3.63, 3.8) is 0 Å². The van der Waals surface area contributed by atoms with Crippen molar-refractivity contribution in [3.05, 3.63) is 23.5 Å². The standard InChI is InChI=1S/C55H89N13O16/c1-10-32(70)22-19-17-15-13-14-16-18-21-29(6)43-45(74)53(82)64-42(28(4)5)52(81)61-34(12-3)48(77)63-36(26-40(57)72)50(79)60-33(11-2)47(76)62-35(25-39(56)71)49(78)59-30(7)46(75)66-44(31(8)69)55(84)67(9)38(27-41(58)73)54(83)68-24-20-23-37(68)51(80)65-43/h11-12,28-31,35-38,42-45,69,74H,10,13-27H2,1-9H3,(H2,56,71)(H2,57,72)(H2,58,73)(H,59,78)(H,60,79)(H,61,81)(H,62,76)(H,63,77)(H,64,82)(H,65,80)(H,66,75). The number of amides is 13. The average Bonchev–Trinajstić information content (AvgIpc) is 4.06. The van der Waals surface area contributed by atoms with Crippen LogP contribution in [0.2, 0.25) is 0 Å². The van der Waals surface area contributed by atoms with Crippen molar-refractivity contribution in [1.82, 2.24) is 52.3 Å². The Kier molecular flexibility index (Phi) is 30.4. The molecule has 2 aliphatic rings. The predicted molar refractivity (Wildman–Crippen MR) is 302 cm³/mol. The lowest BCUT2D eigenvalue weighted by Gasteiger charge is -2.36. The number of carbonyl (C=O) groups is 14. The number of rotatable bonds is 20. The van der Waals surface area contributed by atoms with Crippen LogP contribution < -0.4 is 59.7 Å². The maximum atomic E-state index is 14.6. The van der Waals surface area contributed by atoms with E-state index in [0.29, 0.717) is 25.7 Å². The Labute approximate surface area is 489 Å². The molecular weight excluding hydrogens is 1100 g/mol.